The maximum atomic E-state index is 6.44. The molecule has 0 amide bonds. The van der Waals surface area contributed by atoms with Crippen molar-refractivity contribution < 1.29 is 0 Å². The molecule has 1 aromatic carbocycles. The molecule has 1 aliphatic carbocycles. The van der Waals surface area contributed by atoms with E-state index in [-0.39, 0.29) is 5.38 Å². The average Bonchev–Trinajstić information content (AvgIpc) is 2.62. The third kappa shape index (κ3) is 2.26. The molecule has 2 unspecified atom stereocenters. The number of nitrogens with one attached hydrogen (secondary N) is 1. The molecule has 0 aromatic heterocycles. The van der Waals surface area contributed by atoms with Gasteiger partial charge in [0.05, 0.1) is 5.38 Å². The van der Waals surface area contributed by atoms with Gasteiger partial charge >= 0.3 is 0 Å². The van der Waals surface area contributed by atoms with Crippen molar-refractivity contribution in [1.29, 1.82) is 0 Å². The largest absolute Gasteiger partial charge is 0.306 e. The van der Waals surface area contributed by atoms with E-state index in [4.69, 9.17) is 11.6 Å². The smallest absolute Gasteiger partial charge is 0.0571 e. The third-order valence-corrected chi connectivity index (χ3v) is 3.97. The molecule has 0 bridgehead atoms. The van der Waals surface area contributed by atoms with E-state index in [0.717, 1.165) is 6.42 Å². The van der Waals surface area contributed by atoms with Crippen LogP contribution in [0.4, 0.5) is 0 Å². The van der Waals surface area contributed by atoms with E-state index in [9.17, 15) is 0 Å². The van der Waals surface area contributed by atoms with Crippen molar-refractivity contribution in [3.05, 3.63) is 35.4 Å². The lowest BCUT2D eigenvalue weighted by atomic mass is 10.1. The molecule has 1 N–H and O–H groups in total. The Bertz CT molecular complexity index is 346. The second kappa shape index (κ2) is 5.20. The minimum Gasteiger partial charge on any atom is -0.306 e. The molecule has 0 spiro atoms. The molecule has 1 nitrogen and oxygen atoms in total. The number of hydrogen-bond donors (Lipinski definition) is 1. The van der Waals surface area contributed by atoms with E-state index >= 15 is 0 Å². The number of alkyl halides is 1. The van der Waals surface area contributed by atoms with Gasteiger partial charge in [-0.2, -0.15) is 0 Å². The molecule has 1 aromatic rings. The van der Waals surface area contributed by atoms with Crippen molar-refractivity contribution in [3.63, 3.8) is 0 Å². The summed E-state index contributed by atoms with van der Waals surface area (Å²) < 4.78 is 0. The third-order valence-electron chi connectivity index (χ3n) is 3.57. The molecule has 0 fully saturated rings. The highest BCUT2D eigenvalue weighted by molar-refractivity contribution is 6.21. The first-order valence-electron chi connectivity index (χ1n) is 6.24. The van der Waals surface area contributed by atoms with Gasteiger partial charge in [-0.3, -0.25) is 0 Å². The number of hydrogen-bond acceptors (Lipinski definition) is 1. The Morgan fingerprint density at radius 2 is 2.00 bits per heavy atom. The summed E-state index contributed by atoms with van der Waals surface area (Å²) in [6.07, 6.45) is 3.33. The molecule has 0 heterocycles. The van der Waals surface area contributed by atoms with Crippen LogP contribution in [-0.2, 0) is 6.42 Å². The summed E-state index contributed by atoms with van der Waals surface area (Å²) >= 11 is 6.44. The van der Waals surface area contributed by atoms with E-state index in [0.29, 0.717) is 12.1 Å². The zero-order chi connectivity index (χ0) is 11.5. The van der Waals surface area contributed by atoms with Crippen molar-refractivity contribution >= 4 is 11.6 Å². The Hall–Kier alpha value is -0.530. The summed E-state index contributed by atoms with van der Waals surface area (Å²) in [5.41, 5.74) is 2.81. The summed E-state index contributed by atoms with van der Waals surface area (Å²) in [6.45, 7) is 4.45. The molecule has 2 rings (SSSR count). The molecule has 88 valence electrons. The zero-order valence-corrected chi connectivity index (χ0v) is 10.8. The number of halogens is 1. The van der Waals surface area contributed by atoms with E-state index in [1.165, 1.54) is 24.0 Å². The highest BCUT2D eigenvalue weighted by atomic mass is 35.5. The summed E-state index contributed by atoms with van der Waals surface area (Å²) in [4.78, 5) is 0. The number of rotatable bonds is 4. The van der Waals surface area contributed by atoms with Crippen LogP contribution >= 0.6 is 11.6 Å². The van der Waals surface area contributed by atoms with Gasteiger partial charge in [0.1, 0.15) is 0 Å². The summed E-state index contributed by atoms with van der Waals surface area (Å²) in [6, 6.07) is 9.52. The fourth-order valence-electron chi connectivity index (χ4n) is 2.52. The Kier molecular flexibility index (Phi) is 3.88. The quantitative estimate of drug-likeness (QED) is 0.788. The number of fused-ring (bicyclic) bond motifs is 1. The normalized spacial score (nSPS) is 23.8. The zero-order valence-electron chi connectivity index (χ0n) is 10.0. The molecule has 2 heteroatoms. The van der Waals surface area contributed by atoms with Crippen LogP contribution in [0.15, 0.2) is 24.3 Å². The van der Waals surface area contributed by atoms with Crippen LogP contribution in [-0.4, -0.2) is 11.4 Å². The molecular weight excluding hydrogens is 218 g/mol. The van der Waals surface area contributed by atoms with Crippen molar-refractivity contribution in [2.45, 2.75) is 50.6 Å². The van der Waals surface area contributed by atoms with Gasteiger partial charge in [-0.1, -0.05) is 38.1 Å². The van der Waals surface area contributed by atoms with Gasteiger partial charge < -0.3 is 5.32 Å². The minimum absolute atomic E-state index is 0.206. The van der Waals surface area contributed by atoms with Crippen LogP contribution in [0.5, 0.6) is 0 Å². The van der Waals surface area contributed by atoms with Gasteiger partial charge in [0, 0.05) is 12.1 Å². The molecule has 0 saturated carbocycles. The van der Waals surface area contributed by atoms with E-state index < -0.39 is 0 Å². The monoisotopic (exact) mass is 237 g/mol. The Morgan fingerprint density at radius 3 is 2.69 bits per heavy atom. The highest BCUT2D eigenvalue weighted by Gasteiger charge is 2.31. The topological polar surface area (TPSA) is 12.0 Å². The lowest BCUT2D eigenvalue weighted by Gasteiger charge is -2.23. The lowest BCUT2D eigenvalue weighted by Crippen LogP contribution is -2.34. The van der Waals surface area contributed by atoms with Crippen LogP contribution in [0.1, 0.15) is 43.9 Å². The van der Waals surface area contributed by atoms with E-state index in [1.54, 1.807) is 0 Å². The minimum atomic E-state index is 0.206. The molecular formula is C14H20ClN. The second-order valence-electron chi connectivity index (χ2n) is 4.58. The maximum Gasteiger partial charge on any atom is 0.0571 e. The first kappa shape index (κ1) is 11.9. The van der Waals surface area contributed by atoms with Crippen LogP contribution in [0, 0.1) is 0 Å². The molecule has 2 atom stereocenters. The van der Waals surface area contributed by atoms with Crippen LogP contribution in [0.3, 0.4) is 0 Å². The summed E-state index contributed by atoms with van der Waals surface area (Å²) in [5.74, 6) is 0. The van der Waals surface area contributed by atoms with Crippen molar-refractivity contribution in [3.8, 4) is 0 Å². The van der Waals surface area contributed by atoms with Crippen LogP contribution in [0.2, 0.25) is 0 Å². The summed E-state index contributed by atoms with van der Waals surface area (Å²) in [7, 11) is 0. The van der Waals surface area contributed by atoms with Gasteiger partial charge in [-0.25, -0.2) is 0 Å². The molecule has 0 radical (unpaired) electrons. The number of benzene rings is 1. The van der Waals surface area contributed by atoms with E-state index in [2.05, 4.69) is 43.4 Å². The second-order valence-corrected chi connectivity index (χ2v) is 5.14. The summed E-state index contributed by atoms with van der Waals surface area (Å²) in [5, 5.41) is 3.90. The molecule has 16 heavy (non-hydrogen) atoms. The highest BCUT2D eigenvalue weighted by Crippen LogP contribution is 2.35. The fourth-order valence-corrected chi connectivity index (χ4v) is 2.89. The maximum absolute atomic E-state index is 6.44. The first-order valence-corrected chi connectivity index (χ1v) is 6.67. The Morgan fingerprint density at radius 1 is 1.31 bits per heavy atom. The Labute approximate surface area is 103 Å². The van der Waals surface area contributed by atoms with Gasteiger partial charge in [-0.15, -0.1) is 11.6 Å². The van der Waals surface area contributed by atoms with Gasteiger partial charge in [0.2, 0.25) is 0 Å². The standard InChI is InChI=1S/C14H20ClN/c1-3-11(4-2)16-14-12-8-6-5-7-10(12)9-13(14)15/h5-8,11,13-14,16H,3-4,9H2,1-2H3. The lowest BCUT2D eigenvalue weighted by molar-refractivity contribution is 0.416. The van der Waals surface area contributed by atoms with Crippen molar-refractivity contribution in [2.24, 2.45) is 0 Å². The Balaban J connectivity index is 2.15. The molecule has 0 saturated heterocycles. The van der Waals surface area contributed by atoms with E-state index in [1.807, 2.05) is 0 Å². The van der Waals surface area contributed by atoms with Crippen molar-refractivity contribution in [2.75, 3.05) is 0 Å². The average molecular weight is 238 g/mol. The predicted octanol–water partition coefficient (Wildman–Crippen LogP) is 3.67. The predicted molar refractivity (Wildman–Crippen MR) is 70.0 cm³/mol. The fraction of sp³-hybridized carbons (Fsp3) is 0.571. The van der Waals surface area contributed by atoms with Crippen LogP contribution < -0.4 is 5.32 Å². The van der Waals surface area contributed by atoms with Crippen LogP contribution in [0.25, 0.3) is 0 Å². The van der Waals surface area contributed by atoms with Crippen molar-refractivity contribution in [1.82, 2.24) is 5.32 Å². The molecule has 1 aliphatic rings. The SMILES string of the molecule is CCC(CC)NC1c2ccccc2CC1Cl. The van der Waals surface area contributed by atoms with Gasteiger partial charge in [-0.05, 0) is 30.4 Å². The van der Waals surface area contributed by atoms with Gasteiger partial charge in [0.15, 0.2) is 0 Å². The first-order chi connectivity index (χ1) is 7.76. The van der Waals surface area contributed by atoms with Gasteiger partial charge in [0.25, 0.3) is 0 Å². The molecule has 0 aliphatic heterocycles.